The van der Waals surface area contributed by atoms with Crippen molar-refractivity contribution in [3.63, 3.8) is 0 Å². The van der Waals surface area contributed by atoms with E-state index in [1.807, 2.05) is 12.1 Å². The van der Waals surface area contributed by atoms with Gasteiger partial charge in [0, 0.05) is 18.7 Å². The molecule has 0 aliphatic rings. The monoisotopic (exact) mass is 379 g/mol. The topological polar surface area (TPSA) is 41.5 Å². The zero-order valence-electron chi connectivity index (χ0n) is 10.9. The lowest BCUT2D eigenvalue weighted by molar-refractivity contribution is 0.230. The number of benzene rings is 1. The molecule has 0 aliphatic heterocycles. The molecule has 0 spiro atoms. The van der Waals surface area contributed by atoms with Gasteiger partial charge in [0.25, 0.3) is 0 Å². The molecule has 0 fully saturated rings. The third-order valence-corrected chi connectivity index (χ3v) is 3.95. The van der Waals surface area contributed by atoms with Crippen LogP contribution in [0.5, 0.6) is 5.75 Å². The minimum absolute atomic E-state index is 0.0758. The number of rotatable bonds is 6. The van der Waals surface area contributed by atoms with Crippen molar-refractivity contribution in [2.75, 3.05) is 13.7 Å². The first kappa shape index (κ1) is 16.0. The first-order valence-corrected chi connectivity index (χ1v) is 7.36. The van der Waals surface area contributed by atoms with Gasteiger partial charge in [0.15, 0.2) is 0 Å². The van der Waals surface area contributed by atoms with E-state index in [2.05, 4.69) is 51.0 Å². The van der Waals surface area contributed by atoms with Crippen molar-refractivity contribution < 1.29 is 9.84 Å². The molecule has 2 N–H and O–H groups in total. The summed E-state index contributed by atoms with van der Waals surface area (Å²) < 4.78 is 7.12. The van der Waals surface area contributed by atoms with Crippen molar-refractivity contribution in [2.24, 2.45) is 0 Å². The van der Waals surface area contributed by atoms with E-state index in [0.29, 0.717) is 0 Å². The Labute approximate surface area is 125 Å². The fourth-order valence-electron chi connectivity index (χ4n) is 1.62. The Morgan fingerprint density at radius 3 is 2.28 bits per heavy atom. The summed E-state index contributed by atoms with van der Waals surface area (Å²) in [6.07, 6.45) is 0.728. The quantitative estimate of drug-likeness (QED) is 0.793. The molecule has 18 heavy (non-hydrogen) atoms. The molecule has 0 amide bonds. The minimum Gasteiger partial charge on any atom is -0.494 e. The van der Waals surface area contributed by atoms with Gasteiger partial charge in [-0.25, -0.2) is 0 Å². The van der Waals surface area contributed by atoms with Crippen LogP contribution in [0.3, 0.4) is 0 Å². The molecule has 1 aromatic rings. The van der Waals surface area contributed by atoms with Gasteiger partial charge in [0.1, 0.15) is 5.75 Å². The zero-order valence-corrected chi connectivity index (χ0v) is 14.1. The largest absolute Gasteiger partial charge is 0.494 e. The van der Waals surface area contributed by atoms with E-state index in [0.717, 1.165) is 33.2 Å². The molecule has 0 bridgehead atoms. The van der Waals surface area contributed by atoms with Crippen molar-refractivity contribution in [2.45, 2.75) is 32.4 Å². The van der Waals surface area contributed by atoms with Gasteiger partial charge < -0.3 is 15.2 Å². The van der Waals surface area contributed by atoms with Crippen molar-refractivity contribution >= 4 is 31.9 Å². The second-order valence-electron chi connectivity index (χ2n) is 4.80. The summed E-state index contributed by atoms with van der Waals surface area (Å²) in [6.45, 7) is 5.10. The van der Waals surface area contributed by atoms with E-state index in [9.17, 15) is 0 Å². The van der Waals surface area contributed by atoms with Crippen molar-refractivity contribution in [3.05, 3.63) is 26.6 Å². The average molecular weight is 381 g/mol. The van der Waals surface area contributed by atoms with E-state index >= 15 is 0 Å². The van der Waals surface area contributed by atoms with Crippen LogP contribution in [-0.4, -0.2) is 24.4 Å². The van der Waals surface area contributed by atoms with Crippen LogP contribution in [0.15, 0.2) is 21.1 Å². The molecule has 0 aromatic heterocycles. The molecular formula is C13H19Br2NO2. The van der Waals surface area contributed by atoms with Crippen LogP contribution in [0.2, 0.25) is 0 Å². The van der Waals surface area contributed by atoms with Crippen LogP contribution in [0, 0.1) is 0 Å². The van der Waals surface area contributed by atoms with E-state index in [1.165, 1.54) is 0 Å². The maximum Gasteiger partial charge on any atom is 0.147 e. The summed E-state index contributed by atoms with van der Waals surface area (Å²) in [6, 6.07) is 4.07. The van der Waals surface area contributed by atoms with Gasteiger partial charge in [-0.2, -0.15) is 0 Å². The van der Waals surface area contributed by atoms with Crippen LogP contribution in [-0.2, 0) is 6.54 Å². The number of aliphatic hydroxyl groups excluding tert-OH is 1. The lowest BCUT2D eigenvalue weighted by atomic mass is 10.0. The molecule has 3 nitrogen and oxygen atoms in total. The summed E-state index contributed by atoms with van der Waals surface area (Å²) in [7, 11) is 1.65. The molecule has 0 aliphatic carbocycles. The Balaban J connectivity index is 2.75. The number of nitrogens with one attached hydrogen (secondary N) is 1. The van der Waals surface area contributed by atoms with Crippen LogP contribution in [0.1, 0.15) is 25.8 Å². The molecule has 0 saturated carbocycles. The van der Waals surface area contributed by atoms with Crippen molar-refractivity contribution in [1.82, 2.24) is 5.32 Å². The average Bonchev–Trinajstić information content (AvgIpc) is 2.26. The van der Waals surface area contributed by atoms with E-state index < -0.39 is 0 Å². The summed E-state index contributed by atoms with van der Waals surface area (Å²) in [4.78, 5) is 0. The van der Waals surface area contributed by atoms with Gasteiger partial charge in [-0.3, -0.25) is 0 Å². The molecule has 5 heteroatoms. The standard InChI is InChI=1S/C13H19Br2NO2/c1-13(2,4-5-17)16-8-9-6-10(14)12(18-3)11(15)7-9/h6-7,16-17H,4-5,8H2,1-3H3. The Hall–Kier alpha value is -0.100. The normalized spacial score (nSPS) is 11.7. The van der Waals surface area contributed by atoms with Gasteiger partial charge in [-0.05, 0) is 69.8 Å². The predicted octanol–water partition coefficient (Wildman–Crippen LogP) is 3.47. The molecule has 0 saturated heterocycles. The fraction of sp³-hybridized carbons (Fsp3) is 0.538. The summed E-state index contributed by atoms with van der Waals surface area (Å²) >= 11 is 6.97. The molecule has 1 aromatic carbocycles. The number of methoxy groups -OCH3 is 1. The number of halogens is 2. The predicted molar refractivity (Wildman–Crippen MR) is 81.0 cm³/mol. The summed E-state index contributed by atoms with van der Waals surface area (Å²) in [5.41, 5.74) is 1.08. The SMILES string of the molecule is COc1c(Br)cc(CNC(C)(C)CCO)cc1Br. The summed E-state index contributed by atoms with van der Waals surface area (Å²) in [5.74, 6) is 0.799. The number of aliphatic hydroxyl groups is 1. The van der Waals surface area contributed by atoms with E-state index in [1.54, 1.807) is 7.11 Å². The second kappa shape index (κ2) is 6.89. The molecule has 102 valence electrons. The maximum atomic E-state index is 8.98. The fourth-order valence-corrected chi connectivity index (χ4v) is 3.22. The Kier molecular flexibility index (Phi) is 6.11. The molecule has 0 radical (unpaired) electrons. The number of hydrogen-bond donors (Lipinski definition) is 2. The van der Waals surface area contributed by atoms with Gasteiger partial charge in [0.05, 0.1) is 16.1 Å². The van der Waals surface area contributed by atoms with Gasteiger partial charge in [-0.1, -0.05) is 0 Å². The van der Waals surface area contributed by atoms with Crippen LogP contribution in [0.4, 0.5) is 0 Å². The molecule has 0 unspecified atom stereocenters. The lowest BCUT2D eigenvalue weighted by Gasteiger charge is -2.25. The first-order chi connectivity index (χ1) is 8.39. The van der Waals surface area contributed by atoms with Crippen molar-refractivity contribution in [1.29, 1.82) is 0 Å². The first-order valence-electron chi connectivity index (χ1n) is 5.77. The van der Waals surface area contributed by atoms with Gasteiger partial charge in [-0.15, -0.1) is 0 Å². The van der Waals surface area contributed by atoms with Crippen LogP contribution in [0.25, 0.3) is 0 Å². The molecule has 0 atom stereocenters. The highest BCUT2D eigenvalue weighted by molar-refractivity contribution is 9.11. The maximum absolute atomic E-state index is 8.98. The Bertz CT molecular complexity index is 385. The van der Waals surface area contributed by atoms with Gasteiger partial charge in [0.2, 0.25) is 0 Å². The Morgan fingerprint density at radius 2 is 1.83 bits per heavy atom. The van der Waals surface area contributed by atoms with Crippen LogP contribution >= 0.6 is 31.9 Å². The lowest BCUT2D eigenvalue weighted by Crippen LogP contribution is -2.39. The minimum atomic E-state index is -0.0758. The van der Waals surface area contributed by atoms with E-state index in [-0.39, 0.29) is 12.1 Å². The highest BCUT2D eigenvalue weighted by atomic mass is 79.9. The molecule has 1 rings (SSSR count). The molecular weight excluding hydrogens is 362 g/mol. The Morgan fingerprint density at radius 1 is 1.28 bits per heavy atom. The summed E-state index contributed by atoms with van der Waals surface area (Å²) in [5, 5.41) is 12.4. The van der Waals surface area contributed by atoms with Crippen LogP contribution < -0.4 is 10.1 Å². The number of hydrogen-bond acceptors (Lipinski definition) is 3. The smallest absolute Gasteiger partial charge is 0.147 e. The zero-order chi connectivity index (χ0) is 13.8. The van der Waals surface area contributed by atoms with E-state index in [4.69, 9.17) is 9.84 Å². The highest BCUT2D eigenvalue weighted by Crippen LogP contribution is 2.34. The van der Waals surface area contributed by atoms with Gasteiger partial charge >= 0.3 is 0 Å². The highest BCUT2D eigenvalue weighted by Gasteiger charge is 2.16. The third kappa shape index (κ3) is 4.53. The second-order valence-corrected chi connectivity index (χ2v) is 6.51. The van der Waals surface area contributed by atoms with Crippen molar-refractivity contribution in [3.8, 4) is 5.75 Å². The molecule has 0 heterocycles. The number of ether oxygens (including phenoxy) is 1. The third-order valence-electron chi connectivity index (χ3n) is 2.77.